The molecular weight excluding hydrogens is 527 g/mol. The van der Waals surface area contributed by atoms with Crippen molar-refractivity contribution >= 4 is 47.0 Å². The molecule has 2 N–H and O–H groups in total. The number of ether oxygens (including phenoxy) is 2. The van der Waals surface area contributed by atoms with Gasteiger partial charge in [-0.25, -0.2) is 4.99 Å². The Hall–Kier alpha value is -2.18. The smallest absolute Gasteiger partial charge is 0.196 e. The first-order valence-corrected chi connectivity index (χ1v) is 10.7. The number of benzene rings is 1. The number of thiophene rings is 1. The van der Waals surface area contributed by atoms with Crippen LogP contribution in [0.15, 0.2) is 46.8 Å². The second-order valence-electron chi connectivity index (χ2n) is 6.67. The van der Waals surface area contributed by atoms with Crippen LogP contribution in [0.2, 0.25) is 0 Å². The van der Waals surface area contributed by atoms with Crippen LogP contribution in [0.3, 0.4) is 0 Å². The van der Waals surface area contributed by atoms with Crippen LogP contribution in [0.1, 0.15) is 22.9 Å². The first-order chi connectivity index (χ1) is 14.7. The maximum absolute atomic E-state index is 5.80. The van der Waals surface area contributed by atoms with Crippen LogP contribution >= 0.6 is 35.3 Å². The van der Waals surface area contributed by atoms with Crippen LogP contribution in [0.25, 0.3) is 0 Å². The summed E-state index contributed by atoms with van der Waals surface area (Å²) in [5.74, 6) is 3.14. The number of halogens is 1. The van der Waals surface area contributed by atoms with Crippen LogP contribution < -0.4 is 15.4 Å². The van der Waals surface area contributed by atoms with Gasteiger partial charge in [-0.05, 0) is 30.5 Å². The number of anilines is 1. The van der Waals surface area contributed by atoms with Gasteiger partial charge in [0.25, 0.3) is 0 Å². The zero-order chi connectivity index (χ0) is 21.2. The third-order valence-electron chi connectivity index (χ3n) is 4.43. The predicted octanol–water partition coefficient (Wildman–Crippen LogP) is 3.98. The predicted molar refractivity (Wildman–Crippen MR) is 136 cm³/mol. The number of aryl methyl sites for hydroxylation is 1. The summed E-state index contributed by atoms with van der Waals surface area (Å²) < 4.78 is 12.8. The molecule has 0 fully saturated rings. The Balaban J connectivity index is 0.00000341. The van der Waals surface area contributed by atoms with Crippen molar-refractivity contribution in [1.29, 1.82) is 0 Å². The molecule has 0 amide bonds. The summed E-state index contributed by atoms with van der Waals surface area (Å²) >= 11 is 1.70. The lowest BCUT2D eigenvalue weighted by Crippen LogP contribution is -2.30. The Morgan fingerprint density at radius 2 is 2.06 bits per heavy atom. The molecule has 0 aliphatic heterocycles. The minimum atomic E-state index is 0. The fourth-order valence-corrected chi connectivity index (χ4v) is 3.30. The van der Waals surface area contributed by atoms with Gasteiger partial charge in [-0.1, -0.05) is 12.1 Å². The third kappa shape index (κ3) is 8.11. The van der Waals surface area contributed by atoms with Gasteiger partial charge in [0.05, 0.1) is 13.2 Å². The summed E-state index contributed by atoms with van der Waals surface area (Å²) in [5.41, 5.74) is 0.894. The molecular formula is C21H29IN6O2S. The van der Waals surface area contributed by atoms with E-state index in [0.29, 0.717) is 32.3 Å². The van der Waals surface area contributed by atoms with Crippen LogP contribution in [0.4, 0.5) is 5.69 Å². The number of hydrogen-bond donors (Lipinski definition) is 2. The monoisotopic (exact) mass is 556 g/mol. The molecule has 2 heterocycles. The lowest BCUT2D eigenvalue weighted by Gasteiger charge is -2.13. The molecule has 0 aliphatic carbocycles. The number of rotatable bonds is 10. The highest BCUT2D eigenvalue weighted by molar-refractivity contribution is 14.0. The average Bonchev–Trinajstić information content (AvgIpc) is 3.38. The zero-order valence-corrected chi connectivity index (χ0v) is 21.1. The molecule has 168 valence electrons. The Morgan fingerprint density at radius 1 is 1.19 bits per heavy atom. The van der Waals surface area contributed by atoms with Gasteiger partial charge < -0.3 is 24.7 Å². The second-order valence-corrected chi connectivity index (χ2v) is 7.70. The van der Waals surface area contributed by atoms with E-state index in [-0.39, 0.29) is 24.0 Å². The third-order valence-corrected chi connectivity index (χ3v) is 5.31. The van der Waals surface area contributed by atoms with E-state index < -0.39 is 0 Å². The van der Waals surface area contributed by atoms with Crippen molar-refractivity contribution in [3.8, 4) is 5.75 Å². The van der Waals surface area contributed by atoms with E-state index in [0.717, 1.165) is 29.5 Å². The lowest BCUT2D eigenvalue weighted by molar-refractivity contribution is 0.172. The highest BCUT2D eigenvalue weighted by Gasteiger charge is 2.07. The quantitative estimate of drug-likeness (QED) is 0.170. The molecule has 31 heavy (non-hydrogen) atoms. The molecule has 0 aliphatic rings. The Bertz CT molecular complexity index is 945. The fourth-order valence-electron chi connectivity index (χ4n) is 2.66. The van der Waals surface area contributed by atoms with E-state index in [9.17, 15) is 0 Å². The first-order valence-electron chi connectivity index (χ1n) is 9.80. The molecule has 0 bridgehead atoms. The normalized spacial score (nSPS) is 11.1. The zero-order valence-electron chi connectivity index (χ0n) is 18.0. The Morgan fingerprint density at radius 3 is 2.77 bits per heavy atom. The molecule has 0 saturated heterocycles. The highest BCUT2D eigenvalue weighted by atomic mass is 127. The molecule has 3 rings (SSSR count). The molecule has 0 atom stereocenters. The van der Waals surface area contributed by atoms with Crippen molar-refractivity contribution in [2.75, 3.05) is 25.6 Å². The van der Waals surface area contributed by atoms with Crippen molar-refractivity contribution < 1.29 is 9.47 Å². The van der Waals surface area contributed by atoms with Gasteiger partial charge in [-0.2, -0.15) is 0 Å². The number of hydrogen-bond acceptors (Lipinski definition) is 6. The van der Waals surface area contributed by atoms with Gasteiger partial charge in [0.15, 0.2) is 11.8 Å². The van der Waals surface area contributed by atoms with Gasteiger partial charge in [-0.15, -0.1) is 45.5 Å². The summed E-state index contributed by atoms with van der Waals surface area (Å²) in [7, 11) is 3.63. The van der Waals surface area contributed by atoms with E-state index >= 15 is 0 Å². The number of aromatic nitrogens is 3. The van der Waals surface area contributed by atoms with E-state index in [1.807, 2.05) is 48.9 Å². The lowest BCUT2D eigenvalue weighted by atomic mass is 10.3. The number of methoxy groups -OCH3 is 1. The van der Waals surface area contributed by atoms with Crippen molar-refractivity contribution in [3.05, 3.63) is 58.3 Å². The Kier molecular flexibility index (Phi) is 10.7. The number of aliphatic imine (C=N–C) groups is 1. The molecule has 0 unspecified atom stereocenters. The molecule has 0 radical (unpaired) electrons. The fraction of sp³-hybridized carbons (Fsp3) is 0.381. The maximum Gasteiger partial charge on any atom is 0.196 e. The Labute approximate surface area is 204 Å². The van der Waals surface area contributed by atoms with Crippen LogP contribution in [0.5, 0.6) is 5.75 Å². The van der Waals surface area contributed by atoms with Crippen molar-refractivity contribution in [3.63, 3.8) is 0 Å². The standard InChI is InChI=1S/C21H28N6O2S.HI/c1-16-25-26-20(27(16)2)15-23-21(22-14-19-9-5-12-30-19)24-17-7-4-8-18(13-17)29-11-6-10-28-3;/h4-5,7-9,12-13H,6,10-11,14-15H2,1-3H3,(H2,22,23,24);1H. The highest BCUT2D eigenvalue weighted by Crippen LogP contribution is 2.18. The maximum atomic E-state index is 5.80. The van der Waals surface area contributed by atoms with Gasteiger partial charge in [-0.3, -0.25) is 0 Å². The van der Waals surface area contributed by atoms with E-state index in [2.05, 4.69) is 32.3 Å². The van der Waals surface area contributed by atoms with Gasteiger partial charge in [0.1, 0.15) is 18.1 Å². The van der Waals surface area contributed by atoms with Gasteiger partial charge in [0.2, 0.25) is 0 Å². The molecule has 0 spiro atoms. The van der Waals surface area contributed by atoms with Gasteiger partial charge in [0, 0.05) is 43.8 Å². The average molecular weight is 556 g/mol. The topological polar surface area (TPSA) is 85.6 Å². The van der Waals surface area contributed by atoms with Gasteiger partial charge >= 0.3 is 0 Å². The summed E-state index contributed by atoms with van der Waals surface area (Å²) in [5, 5.41) is 17.1. The molecule has 3 aromatic rings. The van der Waals surface area contributed by atoms with E-state index in [1.165, 1.54) is 4.88 Å². The van der Waals surface area contributed by atoms with Crippen LogP contribution in [0, 0.1) is 6.92 Å². The summed E-state index contributed by atoms with van der Waals surface area (Å²) in [4.78, 5) is 5.93. The summed E-state index contributed by atoms with van der Waals surface area (Å²) in [6.07, 6.45) is 0.848. The minimum Gasteiger partial charge on any atom is -0.493 e. The summed E-state index contributed by atoms with van der Waals surface area (Å²) in [6.45, 7) is 4.33. The van der Waals surface area contributed by atoms with Crippen LogP contribution in [-0.4, -0.2) is 41.0 Å². The molecule has 2 aromatic heterocycles. The largest absolute Gasteiger partial charge is 0.493 e. The van der Waals surface area contributed by atoms with Crippen molar-refractivity contribution in [2.45, 2.75) is 26.4 Å². The van der Waals surface area contributed by atoms with E-state index in [1.54, 1.807) is 18.4 Å². The molecule has 8 nitrogen and oxygen atoms in total. The molecule has 10 heteroatoms. The SMILES string of the molecule is COCCCOc1cccc(NC(=NCc2nnc(C)n2C)NCc2cccs2)c1.I. The second kappa shape index (κ2) is 13.3. The molecule has 0 saturated carbocycles. The van der Waals surface area contributed by atoms with Crippen molar-refractivity contribution in [1.82, 2.24) is 20.1 Å². The van der Waals surface area contributed by atoms with Crippen LogP contribution in [-0.2, 0) is 24.9 Å². The van der Waals surface area contributed by atoms with Crippen molar-refractivity contribution in [2.24, 2.45) is 12.0 Å². The molecule has 1 aromatic carbocycles. The number of nitrogens with zero attached hydrogens (tertiary/aromatic N) is 4. The summed E-state index contributed by atoms with van der Waals surface area (Å²) in [6, 6.07) is 12.0. The number of nitrogens with one attached hydrogen (secondary N) is 2. The first kappa shape index (κ1) is 25.1. The minimum absolute atomic E-state index is 0. The van der Waals surface area contributed by atoms with E-state index in [4.69, 9.17) is 14.5 Å². The number of guanidine groups is 1.